The molecule has 2 saturated heterocycles. The number of benzene rings is 1. The molecule has 33 heavy (non-hydrogen) atoms. The van der Waals surface area contributed by atoms with Gasteiger partial charge in [0, 0.05) is 62.7 Å². The third kappa shape index (κ3) is 5.20. The number of carbonyl (C=O) groups excluding carboxylic acids is 1. The number of hydrogen-bond donors (Lipinski definition) is 0. The maximum atomic E-state index is 13.6. The van der Waals surface area contributed by atoms with Gasteiger partial charge in [0.1, 0.15) is 0 Å². The fourth-order valence-corrected chi connectivity index (χ4v) is 6.31. The molecule has 1 aromatic heterocycles. The normalized spacial score (nSPS) is 20.3. The highest BCUT2D eigenvalue weighted by atomic mass is 35.5. The Morgan fingerprint density at radius 3 is 2.61 bits per heavy atom. The highest BCUT2D eigenvalue weighted by molar-refractivity contribution is 7.89. The van der Waals surface area contributed by atoms with Gasteiger partial charge in [-0.2, -0.15) is 9.40 Å². The van der Waals surface area contributed by atoms with Gasteiger partial charge in [0.25, 0.3) is 15.9 Å². The van der Waals surface area contributed by atoms with Crippen LogP contribution >= 0.6 is 11.6 Å². The van der Waals surface area contributed by atoms with Crippen molar-refractivity contribution < 1.29 is 13.2 Å². The molecule has 0 aliphatic carbocycles. The Labute approximate surface area is 201 Å². The zero-order valence-electron chi connectivity index (χ0n) is 19.3. The predicted octanol–water partition coefficient (Wildman–Crippen LogP) is 3.33. The van der Waals surface area contributed by atoms with E-state index in [1.54, 1.807) is 15.8 Å². The Bertz CT molecular complexity index is 1100. The van der Waals surface area contributed by atoms with E-state index in [2.05, 4.69) is 16.9 Å². The molecule has 1 atom stereocenters. The van der Waals surface area contributed by atoms with Gasteiger partial charge in [-0.15, -0.1) is 0 Å². The van der Waals surface area contributed by atoms with Crippen molar-refractivity contribution in [2.75, 3.05) is 44.2 Å². The van der Waals surface area contributed by atoms with E-state index in [9.17, 15) is 13.2 Å². The van der Waals surface area contributed by atoms with Gasteiger partial charge in [0.05, 0.1) is 5.56 Å². The number of likely N-dealkylation sites (tertiary alicyclic amines) is 1. The first-order chi connectivity index (χ1) is 15.8. The lowest BCUT2D eigenvalue weighted by Crippen LogP contribution is -2.49. The molecule has 2 aromatic rings. The summed E-state index contributed by atoms with van der Waals surface area (Å²) in [6.07, 6.45) is 4.43. The molecule has 1 amide bonds. The van der Waals surface area contributed by atoms with E-state index < -0.39 is 10.0 Å². The average molecular weight is 494 g/mol. The van der Waals surface area contributed by atoms with Gasteiger partial charge in [0.15, 0.2) is 0 Å². The Balaban J connectivity index is 1.56. The van der Waals surface area contributed by atoms with E-state index >= 15 is 0 Å². The summed E-state index contributed by atoms with van der Waals surface area (Å²) in [6.45, 7) is 7.72. The quantitative estimate of drug-likeness (QED) is 0.616. The van der Waals surface area contributed by atoms with Crippen LogP contribution in [0, 0.1) is 5.92 Å². The molecular formula is C23H32ClN5O3S. The van der Waals surface area contributed by atoms with Crippen LogP contribution in [0.25, 0.3) is 0 Å². The fourth-order valence-electron chi connectivity index (χ4n) is 4.61. The van der Waals surface area contributed by atoms with E-state index in [-0.39, 0.29) is 16.5 Å². The highest BCUT2D eigenvalue weighted by Gasteiger charge is 2.36. The molecule has 2 fully saturated rings. The Kier molecular flexibility index (Phi) is 7.31. The van der Waals surface area contributed by atoms with Crippen LogP contribution in [0.1, 0.15) is 43.5 Å². The van der Waals surface area contributed by atoms with Crippen LogP contribution in [-0.2, 0) is 16.6 Å². The SMILES string of the molecule is CCCn1cc(C(=O)N2CCCC(C)C2)c(S(=O)(=O)N2CCN(c3cccc(Cl)c3)CC2)n1. The summed E-state index contributed by atoms with van der Waals surface area (Å²) >= 11 is 6.11. The van der Waals surface area contributed by atoms with Crippen molar-refractivity contribution in [1.82, 2.24) is 19.0 Å². The second kappa shape index (κ2) is 10.0. The number of carbonyl (C=O) groups is 1. The van der Waals surface area contributed by atoms with Gasteiger partial charge in [-0.05, 0) is 43.4 Å². The molecule has 8 nitrogen and oxygen atoms in total. The second-order valence-electron chi connectivity index (χ2n) is 8.98. The lowest BCUT2D eigenvalue weighted by molar-refractivity contribution is 0.0679. The second-order valence-corrected chi connectivity index (χ2v) is 11.3. The van der Waals surface area contributed by atoms with Crippen LogP contribution in [0.4, 0.5) is 5.69 Å². The number of piperidine rings is 1. The average Bonchev–Trinajstić information content (AvgIpc) is 3.24. The molecule has 1 unspecified atom stereocenters. The van der Waals surface area contributed by atoms with Crippen molar-refractivity contribution in [2.24, 2.45) is 5.92 Å². The zero-order valence-corrected chi connectivity index (χ0v) is 20.9. The first-order valence-electron chi connectivity index (χ1n) is 11.7. The first-order valence-corrected chi connectivity index (χ1v) is 13.5. The molecule has 4 rings (SSSR count). The lowest BCUT2D eigenvalue weighted by atomic mass is 10.00. The van der Waals surface area contributed by atoms with Gasteiger partial charge < -0.3 is 9.80 Å². The van der Waals surface area contributed by atoms with Crippen molar-refractivity contribution in [3.8, 4) is 0 Å². The number of nitrogens with zero attached hydrogens (tertiary/aromatic N) is 5. The number of hydrogen-bond acceptors (Lipinski definition) is 5. The summed E-state index contributed by atoms with van der Waals surface area (Å²) < 4.78 is 30.3. The lowest BCUT2D eigenvalue weighted by Gasteiger charge is -2.35. The molecule has 1 aromatic carbocycles. The van der Waals surface area contributed by atoms with Crippen LogP contribution < -0.4 is 4.90 Å². The minimum atomic E-state index is -3.90. The molecule has 0 radical (unpaired) electrons. The monoisotopic (exact) mass is 493 g/mol. The summed E-state index contributed by atoms with van der Waals surface area (Å²) in [4.78, 5) is 17.2. The summed E-state index contributed by atoms with van der Waals surface area (Å²) in [5.41, 5.74) is 1.16. The summed E-state index contributed by atoms with van der Waals surface area (Å²) in [5.74, 6) is 0.174. The number of halogens is 1. The smallest absolute Gasteiger partial charge is 0.263 e. The topological polar surface area (TPSA) is 78.8 Å². The van der Waals surface area contributed by atoms with Crippen LogP contribution in [-0.4, -0.2) is 72.6 Å². The summed E-state index contributed by atoms with van der Waals surface area (Å²) in [5, 5.41) is 4.92. The Morgan fingerprint density at radius 2 is 1.94 bits per heavy atom. The Hall–Kier alpha value is -2.10. The molecule has 3 heterocycles. The minimum Gasteiger partial charge on any atom is -0.369 e. The van der Waals surface area contributed by atoms with Gasteiger partial charge in [-0.3, -0.25) is 9.48 Å². The number of rotatable bonds is 6. The van der Waals surface area contributed by atoms with E-state index in [0.717, 1.165) is 24.9 Å². The van der Waals surface area contributed by atoms with Crippen molar-refractivity contribution in [3.05, 3.63) is 41.0 Å². The minimum absolute atomic E-state index is 0.115. The molecule has 0 saturated carbocycles. The van der Waals surface area contributed by atoms with Gasteiger partial charge in [-0.25, -0.2) is 8.42 Å². The molecule has 0 spiro atoms. The maximum Gasteiger partial charge on any atom is 0.263 e. The highest BCUT2D eigenvalue weighted by Crippen LogP contribution is 2.26. The van der Waals surface area contributed by atoms with Crippen molar-refractivity contribution in [2.45, 2.75) is 44.7 Å². The zero-order chi connectivity index (χ0) is 23.6. The van der Waals surface area contributed by atoms with Crippen LogP contribution in [0.5, 0.6) is 0 Å². The molecule has 2 aliphatic rings. The predicted molar refractivity (Wildman–Crippen MR) is 129 cm³/mol. The number of aryl methyl sites for hydroxylation is 1. The van der Waals surface area contributed by atoms with Crippen molar-refractivity contribution >= 4 is 33.2 Å². The van der Waals surface area contributed by atoms with Gasteiger partial charge in [0.2, 0.25) is 5.03 Å². The van der Waals surface area contributed by atoms with E-state index in [1.807, 2.05) is 31.2 Å². The molecule has 2 aliphatic heterocycles. The fraction of sp³-hybridized carbons (Fsp3) is 0.565. The van der Waals surface area contributed by atoms with Gasteiger partial charge >= 0.3 is 0 Å². The number of anilines is 1. The molecular weight excluding hydrogens is 462 g/mol. The number of sulfonamides is 1. The molecule has 10 heteroatoms. The Morgan fingerprint density at radius 1 is 1.18 bits per heavy atom. The summed E-state index contributed by atoms with van der Waals surface area (Å²) in [6, 6.07) is 7.56. The number of piperazine rings is 1. The van der Waals surface area contributed by atoms with E-state index in [1.165, 1.54) is 4.31 Å². The van der Waals surface area contributed by atoms with Gasteiger partial charge in [-0.1, -0.05) is 31.5 Å². The third-order valence-electron chi connectivity index (χ3n) is 6.35. The van der Waals surface area contributed by atoms with E-state index in [4.69, 9.17) is 11.6 Å². The van der Waals surface area contributed by atoms with E-state index in [0.29, 0.717) is 56.8 Å². The summed E-state index contributed by atoms with van der Waals surface area (Å²) in [7, 11) is -3.90. The molecule has 180 valence electrons. The van der Waals surface area contributed by atoms with Crippen LogP contribution in [0.2, 0.25) is 5.02 Å². The molecule has 0 bridgehead atoms. The molecule has 0 N–H and O–H groups in total. The third-order valence-corrected chi connectivity index (χ3v) is 8.42. The number of aromatic nitrogens is 2. The first kappa shape index (κ1) is 24.0. The maximum absolute atomic E-state index is 13.6. The van der Waals surface area contributed by atoms with Crippen molar-refractivity contribution in [1.29, 1.82) is 0 Å². The van der Waals surface area contributed by atoms with Crippen LogP contribution in [0.3, 0.4) is 0 Å². The number of amides is 1. The van der Waals surface area contributed by atoms with Crippen molar-refractivity contribution in [3.63, 3.8) is 0 Å². The standard InChI is InChI=1S/C23H32ClN5O3S/c1-3-9-28-17-21(23(30)27-10-5-6-18(2)16-27)22(25-28)33(31,32)29-13-11-26(12-14-29)20-8-4-7-19(24)15-20/h4,7-8,15,17-18H,3,5-6,9-14,16H2,1-2H3. The van der Waals surface area contributed by atoms with Crippen LogP contribution in [0.15, 0.2) is 35.5 Å². The largest absolute Gasteiger partial charge is 0.369 e.